The first kappa shape index (κ1) is 25.2. The van der Waals surface area contributed by atoms with Crippen LogP contribution in [0.5, 0.6) is 0 Å². The zero-order valence-electron chi connectivity index (χ0n) is 22.3. The highest BCUT2D eigenvalue weighted by molar-refractivity contribution is 6.05. The normalized spacial score (nSPS) is 13.4. The first-order chi connectivity index (χ1) is 20.1. The average molecular weight is 544 g/mol. The lowest BCUT2D eigenvalue weighted by molar-refractivity contribution is 0.240. The third-order valence-electron chi connectivity index (χ3n) is 7.79. The van der Waals surface area contributed by atoms with Gasteiger partial charge in [-0.2, -0.15) is 5.10 Å². The number of fused-ring (bicyclic) bond motifs is 2. The van der Waals surface area contributed by atoms with Crippen molar-refractivity contribution in [3.63, 3.8) is 0 Å². The van der Waals surface area contributed by atoms with Crippen LogP contribution in [-0.4, -0.2) is 37.7 Å². The molecule has 1 aliphatic heterocycles. The number of benzene rings is 3. The topological polar surface area (TPSA) is 46.8 Å². The summed E-state index contributed by atoms with van der Waals surface area (Å²) in [6.45, 7) is 3.50. The van der Waals surface area contributed by atoms with Crippen LogP contribution in [0.25, 0.3) is 44.5 Å². The van der Waals surface area contributed by atoms with Gasteiger partial charge in [0.25, 0.3) is 0 Å². The van der Waals surface area contributed by atoms with Gasteiger partial charge in [-0.1, -0.05) is 36.4 Å². The van der Waals surface area contributed by atoms with E-state index in [2.05, 4.69) is 34.1 Å². The van der Waals surface area contributed by atoms with E-state index in [0.717, 1.165) is 59.3 Å². The summed E-state index contributed by atoms with van der Waals surface area (Å²) in [5.74, 6) is -0.620. The maximum Gasteiger partial charge on any atom is 0.182 e. The largest absolute Gasteiger partial charge is 0.297 e. The van der Waals surface area contributed by atoms with Gasteiger partial charge in [0.2, 0.25) is 0 Å². The highest BCUT2D eigenvalue weighted by Crippen LogP contribution is 2.43. The van der Waals surface area contributed by atoms with E-state index < -0.39 is 0 Å². The van der Waals surface area contributed by atoms with Crippen LogP contribution in [0.15, 0.2) is 104 Å². The minimum atomic E-state index is -0.316. The molecule has 202 valence electrons. The molecule has 0 aliphatic carbocycles. The zero-order chi connectivity index (χ0) is 27.8. The molecule has 0 saturated heterocycles. The molecule has 0 bridgehead atoms. The standard InChI is InChI=1S/C34H27F2N5/c35-28-9-5-24(6-10-28)31-30-22-41(20-19-40-18-15-23-3-1-2-4-27(23)21-40)39-34(30)38-33(26-7-11-29(36)12-8-26)32(31)25-13-16-37-17-14-25/h1-14,16-17,22H,15,18-21H2. The van der Waals surface area contributed by atoms with Gasteiger partial charge in [-0.15, -0.1) is 0 Å². The van der Waals surface area contributed by atoms with Crippen molar-refractivity contribution in [3.05, 3.63) is 126 Å². The van der Waals surface area contributed by atoms with Crippen molar-refractivity contribution < 1.29 is 8.78 Å². The second-order valence-electron chi connectivity index (χ2n) is 10.4. The second kappa shape index (κ2) is 10.7. The van der Waals surface area contributed by atoms with Crippen LogP contribution in [0, 0.1) is 11.6 Å². The predicted molar refractivity (Wildman–Crippen MR) is 157 cm³/mol. The van der Waals surface area contributed by atoms with Gasteiger partial charge in [0.15, 0.2) is 5.65 Å². The Hall–Kier alpha value is -4.75. The van der Waals surface area contributed by atoms with E-state index in [0.29, 0.717) is 17.9 Å². The number of pyridine rings is 2. The molecule has 7 rings (SSSR count). The highest BCUT2D eigenvalue weighted by atomic mass is 19.1. The molecule has 1 aliphatic rings. The van der Waals surface area contributed by atoms with Crippen molar-refractivity contribution in [2.45, 2.75) is 19.5 Å². The molecule has 0 spiro atoms. The van der Waals surface area contributed by atoms with Crippen molar-refractivity contribution >= 4 is 11.0 Å². The lowest BCUT2D eigenvalue weighted by atomic mass is 9.90. The molecule has 0 atom stereocenters. The molecule has 41 heavy (non-hydrogen) atoms. The molecular weight excluding hydrogens is 516 g/mol. The van der Waals surface area contributed by atoms with Gasteiger partial charge < -0.3 is 0 Å². The Kier molecular flexibility index (Phi) is 6.57. The monoisotopic (exact) mass is 543 g/mol. The smallest absolute Gasteiger partial charge is 0.182 e. The zero-order valence-corrected chi connectivity index (χ0v) is 22.3. The number of rotatable bonds is 6. The summed E-state index contributed by atoms with van der Waals surface area (Å²) in [5.41, 5.74) is 8.38. The number of hydrogen-bond donors (Lipinski definition) is 0. The van der Waals surface area contributed by atoms with Gasteiger partial charge in [-0.25, -0.2) is 13.8 Å². The number of hydrogen-bond acceptors (Lipinski definition) is 4. The van der Waals surface area contributed by atoms with E-state index in [4.69, 9.17) is 10.1 Å². The van der Waals surface area contributed by atoms with Crippen LogP contribution in [0.3, 0.4) is 0 Å². The average Bonchev–Trinajstić information content (AvgIpc) is 3.43. The van der Waals surface area contributed by atoms with Gasteiger partial charge >= 0.3 is 0 Å². The minimum absolute atomic E-state index is 0.304. The number of aromatic nitrogens is 4. The van der Waals surface area contributed by atoms with Crippen molar-refractivity contribution in [2.75, 3.05) is 13.1 Å². The van der Waals surface area contributed by atoms with Gasteiger partial charge in [-0.05, 0) is 77.2 Å². The third kappa shape index (κ3) is 5.00. The molecule has 0 fully saturated rings. The molecule has 7 heteroatoms. The van der Waals surface area contributed by atoms with Crippen molar-refractivity contribution in [1.29, 1.82) is 0 Å². The van der Waals surface area contributed by atoms with Crippen molar-refractivity contribution in [1.82, 2.24) is 24.6 Å². The Morgan fingerprint density at radius 2 is 1.34 bits per heavy atom. The molecular formula is C34H27F2N5. The Bertz CT molecular complexity index is 1830. The maximum absolute atomic E-state index is 14.0. The maximum atomic E-state index is 14.0. The Morgan fingerprint density at radius 1 is 0.683 bits per heavy atom. The van der Waals surface area contributed by atoms with Crippen molar-refractivity contribution in [2.24, 2.45) is 0 Å². The Labute approximate surface area is 236 Å². The van der Waals surface area contributed by atoms with Gasteiger partial charge in [-0.3, -0.25) is 14.6 Å². The van der Waals surface area contributed by atoms with Gasteiger partial charge in [0.05, 0.1) is 12.2 Å². The Morgan fingerprint density at radius 3 is 2.07 bits per heavy atom. The molecule has 0 unspecified atom stereocenters. The molecule has 0 amide bonds. The molecule has 4 heterocycles. The molecule has 6 aromatic rings. The van der Waals surface area contributed by atoms with Crippen LogP contribution >= 0.6 is 0 Å². The van der Waals surface area contributed by atoms with Crippen LogP contribution < -0.4 is 0 Å². The fourth-order valence-electron chi connectivity index (χ4n) is 5.72. The van der Waals surface area contributed by atoms with Gasteiger partial charge in [0, 0.05) is 60.3 Å². The third-order valence-corrected chi connectivity index (χ3v) is 7.79. The van der Waals surface area contributed by atoms with E-state index >= 15 is 0 Å². The summed E-state index contributed by atoms with van der Waals surface area (Å²) < 4.78 is 29.9. The lowest BCUT2D eigenvalue weighted by Crippen LogP contribution is -2.33. The van der Waals surface area contributed by atoms with Crippen molar-refractivity contribution in [3.8, 4) is 33.5 Å². The summed E-state index contributed by atoms with van der Waals surface area (Å²) in [6, 6.07) is 25.3. The minimum Gasteiger partial charge on any atom is -0.297 e. The fourth-order valence-corrected chi connectivity index (χ4v) is 5.72. The fraction of sp³-hybridized carbons (Fsp3) is 0.147. The van der Waals surface area contributed by atoms with Crippen LogP contribution in [0.1, 0.15) is 11.1 Å². The molecule has 0 N–H and O–H groups in total. The van der Waals surface area contributed by atoms with E-state index in [1.165, 1.54) is 35.4 Å². The van der Waals surface area contributed by atoms with Crippen LogP contribution in [0.4, 0.5) is 8.78 Å². The molecule has 3 aromatic heterocycles. The summed E-state index contributed by atoms with van der Waals surface area (Å²) in [5, 5.41) is 5.78. The highest BCUT2D eigenvalue weighted by Gasteiger charge is 2.22. The summed E-state index contributed by atoms with van der Waals surface area (Å²) in [6.07, 6.45) is 6.56. The SMILES string of the molecule is Fc1ccc(-c2nc3nn(CCN4CCc5ccccc5C4)cc3c(-c3ccc(F)cc3)c2-c2ccncc2)cc1. The molecule has 3 aromatic carbocycles. The van der Waals surface area contributed by atoms with E-state index in [1.54, 1.807) is 36.7 Å². The molecule has 0 radical (unpaired) electrons. The summed E-state index contributed by atoms with van der Waals surface area (Å²) in [7, 11) is 0. The van der Waals surface area contributed by atoms with Crippen LogP contribution in [0.2, 0.25) is 0 Å². The quantitative estimate of drug-likeness (QED) is 0.224. The first-order valence-electron chi connectivity index (χ1n) is 13.7. The Balaban J connectivity index is 1.35. The van der Waals surface area contributed by atoms with E-state index in [-0.39, 0.29) is 11.6 Å². The number of halogens is 2. The van der Waals surface area contributed by atoms with E-state index in [1.807, 2.05) is 23.0 Å². The summed E-state index contributed by atoms with van der Waals surface area (Å²) in [4.78, 5) is 11.7. The van der Waals surface area contributed by atoms with Crippen LogP contribution in [-0.2, 0) is 19.5 Å². The first-order valence-corrected chi connectivity index (χ1v) is 13.7. The second-order valence-corrected chi connectivity index (χ2v) is 10.4. The van der Waals surface area contributed by atoms with E-state index in [9.17, 15) is 8.78 Å². The molecule has 0 saturated carbocycles. The van der Waals surface area contributed by atoms with Gasteiger partial charge in [0.1, 0.15) is 11.6 Å². The lowest BCUT2D eigenvalue weighted by Gasteiger charge is -2.28. The number of nitrogens with zero attached hydrogens (tertiary/aromatic N) is 5. The molecule has 5 nitrogen and oxygen atoms in total. The summed E-state index contributed by atoms with van der Waals surface area (Å²) >= 11 is 0. The predicted octanol–water partition coefficient (Wildman–Crippen LogP) is 7.16.